The molecule has 9 heteroatoms. The molecule has 0 bridgehead atoms. The van der Waals surface area contributed by atoms with E-state index in [9.17, 15) is 19.1 Å². The van der Waals surface area contributed by atoms with Crippen molar-refractivity contribution < 1.29 is 19.1 Å². The Morgan fingerprint density at radius 1 is 1.13 bits per heavy atom. The van der Waals surface area contributed by atoms with Crippen molar-refractivity contribution in [3.8, 4) is 16.9 Å². The van der Waals surface area contributed by atoms with Gasteiger partial charge in [-0.15, -0.1) is 0 Å². The lowest BCUT2D eigenvalue weighted by Crippen LogP contribution is -2.52. The Bertz CT molecular complexity index is 1380. The molecule has 0 spiro atoms. The zero-order chi connectivity index (χ0) is 27.8. The maximum absolute atomic E-state index is 14.6. The Kier molecular flexibility index (Phi) is 7.95. The number of carbonyl (C=O) groups excluding carboxylic acids is 2. The molecule has 202 valence electrons. The van der Waals surface area contributed by atoms with Crippen molar-refractivity contribution in [3.05, 3.63) is 52.9 Å². The number of anilines is 1. The monoisotopic (exact) mass is 540 g/mol. The predicted molar refractivity (Wildman–Crippen MR) is 149 cm³/mol. The molecule has 1 atom stereocenters. The van der Waals surface area contributed by atoms with Gasteiger partial charge in [0.25, 0.3) is 0 Å². The molecule has 0 radical (unpaired) electrons. The molecule has 1 aliphatic rings. The van der Waals surface area contributed by atoms with Gasteiger partial charge in [-0.2, -0.15) is 0 Å². The number of phenolic OH excluding ortho intramolecular Hbond substituents is 1. The lowest BCUT2D eigenvalue weighted by molar-refractivity contribution is -0.125. The van der Waals surface area contributed by atoms with E-state index in [1.807, 2.05) is 45.0 Å². The van der Waals surface area contributed by atoms with E-state index in [2.05, 4.69) is 15.6 Å². The molecule has 0 unspecified atom stereocenters. The highest BCUT2D eigenvalue weighted by Gasteiger charge is 2.31. The van der Waals surface area contributed by atoms with Crippen LogP contribution in [0.3, 0.4) is 0 Å². The van der Waals surface area contributed by atoms with Gasteiger partial charge in [0.2, 0.25) is 5.91 Å². The van der Waals surface area contributed by atoms with Gasteiger partial charge in [-0.1, -0.05) is 50.6 Å². The molecular weight excluding hydrogens is 507 g/mol. The van der Waals surface area contributed by atoms with Crippen LogP contribution < -0.4 is 16.4 Å². The normalized spacial score (nSPS) is 18.7. The molecule has 1 fully saturated rings. The zero-order valence-corrected chi connectivity index (χ0v) is 22.8. The van der Waals surface area contributed by atoms with Gasteiger partial charge in [0.1, 0.15) is 0 Å². The molecule has 1 amide bonds. The molecule has 1 aliphatic carbocycles. The van der Waals surface area contributed by atoms with Crippen LogP contribution in [0, 0.1) is 11.2 Å². The number of carbonyl (C=O) groups is 2. The lowest BCUT2D eigenvalue weighted by Gasteiger charge is -2.33. The number of amides is 1. The first kappa shape index (κ1) is 27.8. The minimum Gasteiger partial charge on any atom is -0.504 e. The Morgan fingerprint density at radius 3 is 2.39 bits per heavy atom. The van der Waals surface area contributed by atoms with Crippen LogP contribution in [-0.4, -0.2) is 39.9 Å². The summed E-state index contributed by atoms with van der Waals surface area (Å²) in [7, 11) is 0. The van der Waals surface area contributed by atoms with Crippen LogP contribution in [0.25, 0.3) is 22.0 Å². The quantitative estimate of drug-likeness (QED) is 0.293. The summed E-state index contributed by atoms with van der Waals surface area (Å²) in [4.78, 5) is 29.7. The number of halogens is 2. The molecule has 0 saturated heterocycles. The Morgan fingerprint density at radius 2 is 1.76 bits per heavy atom. The molecule has 5 N–H and O–H groups in total. The Labute approximate surface area is 227 Å². The molecule has 1 aromatic heterocycles. The largest absolute Gasteiger partial charge is 0.504 e. The highest BCUT2D eigenvalue weighted by molar-refractivity contribution is 6.36. The minimum atomic E-state index is -0.918. The van der Waals surface area contributed by atoms with Gasteiger partial charge in [0.05, 0.1) is 22.3 Å². The molecule has 38 heavy (non-hydrogen) atoms. The number of rotatable bonds is 6. The van der Waals surface area contributed by atoms with Crippen LogP contribution in [0.2, 0.25) is 5.02 Å². The van der Waals surface area contributed by atoms with E-state index in [0.717, 1.165) is 42.7 Å². The van der Waals surface area contributed by atoms with E-state index in [-0.39, 0.29) is 39.6 Å². The number of aromatic hydroxyl groups is 1. The second kappa shape index (κ2) is 10.9. The molecule has 1 heterocycles. The van der Waals surface area contributed by atoms with Crippen LogP contribution in [0.15, 0.2) is 36.5 Å². The van der Waals surface area contributed by atoms with Gasteiger partial charge in [-0.3, -0.25) is 14.6 Å². The van der Waals surface area contributed by atoms with Crippen LogP contribution in [0.5, 0.6) is 5.75 Å². The number of fused-ring (bicyclic) bond motifs is 1. The third kappa shape index (κ3) is 5.61. The summed E-state index contributed by atoms with van der Waals surface area (Å²) in [6, 6.07) is 8.22. The number of aromatic nitrogens is 1. The fraction of sp³-hybridized carbons (Fsp3) is 0.414. The second-order valence-electron chi connectivity index (χ2n) is 11.1. The number of phenols is 1. The number of nitrogens with two attached hydrogens (primary N) is 1. The van der Waals surface area contributed by atoms with Gasteiger partial charge in [-0.05, 0) is 50.2 Å². The fourth-order valence-corrected chi connectivity index (χ4v) is 5.26. The summed E-state index contributed by atoms with van der Waals surface area (Å²) in [5, 5.41) is 17.2. The number of nitrogens with one attached hydrogen (secondary N) is 2. The number of para-hydroxylation sites is 1. The third-order valence-electron chi connectivity index (χ3n) is 7.25. The number of ketones is 1. The van der Waals surface area contributed by atoms with E-state index in [1.165, 1.54) is 6.92 Å². The van der Waals surface area contributed by atoms with Gasteiger partial charge < -0.3 is 21.5 Å². The summed E-state index contributed by atoms with van der Waals surface area (Å²) in [6.45, 7) is 7.16. The number of hydrogen-bond acceptors (Lipinski definition) is 6. The van der Waals surface area contributed by atoms with Gasteiger partial charge in [-0.25, -0.2) is 4.39 Å². The summed E-state index contributed by atoms with van der Waals surface area (Å²) >= 11 is 6.22. The van der Waals surface area contributed by atoms with Crippen molar-refractivity contribution in [2.45, 2.75) is 71.5 Å². The van der Waals surface area contributed by atoms with Crippen molar-refractivity contribution in [2.24, 2.45) is 11.1 Å². The van der Waals surface area contributed by atoms with Crippen LogP contribution in [-0.2, 0) is 4.79 Å². The van der Waals surface area contributed by atoms with Crippen LogP contribution in [0.4, 0.5) is 10.1 Å². The van der Waals surface area contributed by atoms with E-state index in [0.29, 0.717) is 11.3 Å². The third-order valence-corrected chi connectivity index (χ3v) is 7.62. The van der Waals surface area contributed by atoms with Crippen molar-refractivity contribution in [1.29, 1.82) is 0 Å². The lowest BCUT2D eigenvalue weighted by atomic mass is 9.85. The van der Waals surface area contributed by atoms with Crippen molar-refractivity contribution in [2.75, 3.05) is 5.32 Å². The molecule has 3 aromatic rings. The van der Waals surface area contributed by atoms with E-state index in [1.54, 1.807) is 6.20 Å². The average molecular weight is 541 g/mol. The standard InChI is InChI=1S/C29H34ClFN4O3/c1-15(36)23-19(13-21(31)26(37)24(23)30)20-14-33-22-8-6-5-7-18(22)25(20)34-16-9-11-17(12-10-16)35-28(38)27(32)29(2,3)4/h5-8,13-14,16-17,27,37H,9-12,32H2,1-4H3,(H,33,34)(H,35,38)/t16?,17?,27-/m1/s1. The van der Waals surface area contributed by atoms with E-state index < -0.39 is 23.4 Å². The summed E-state index contributed by atoms with van der Waals surface area (Å²) in [5.41, 5.74) is 8.06. The highest BCUT2D eigenvalue weighted by atomic mass is 35.5. The average Bonchev–Trinajstić information content (AvgIpc) is 2.87. The van der Waals surface area contributed by atoms with Crippen LogP contribution in [0.1, 0.15) is 63.7 Å². The van der Waals surface area contributed by atoms with E-state index in [4.69, 9.17) is 17.3 Å². The first-order valence-corrected chi connectivity index (χ1v) is 13.2. The summed E-state index contributed by atoms with van der Waals surface area (Å²) < 4.78 is 14.6. The second-order valence-corrected chi connectivity index (χ2v) is 11.5. The highest BCUT2D eigenvalue weighted by Crippen LogP contribution is 2.42. The SMILES string of the molecule is CC(=O)c1c(-c2cnc3ccccc3c2NC2CCC(NC(=O)[C@@H](N)C(C)(C)C)CC2)cc(F)c(O)c1Cl. The van der Waals surface area contributed by atoms with Gasteiger partial charge in [0, 0.05) is 40.4 Å². The number of pyridine rings is 1. The predicted octanol–water partition coefficient (Wildman–Crippen LogP) is 5.82. The molecule has 0 aliphatic heterocycles. The van der Waals surface area contributed by atoms with Gasteiger partial charge in [0.15, 0.2) is 17.3 Å². The number of hydrogen-bond donors (Lipinski definition) is 4. The number of nitrogens with zero attached hydrogens (tertiary/aromatic N) is 1. The molecule has 4 rings (SSSR count). The molecule has 2 aromatic carbocycles. The summed E-state index contributed by atoms with van der Waals surface area (Å²) in [5.74, 6) is -2.21. The Hall–Kier alpha value is -3.23. The van der Waals surface area contributed by atoms with E-state index >= 15 is 0 Å². The Balaban J connectivity index is 1.64. The maximum atomic E-state index is 14.6. The van der Waals surface area contributed by atoms with Crippen molar-refractivity contribution in [3.63, 3.8) is 0 Å². The van der Waals surface area contributed by atoms with Crippen molar-refractivity contribution in [1.82, 2.24) is 10.3 Å². The number of benzene rings is 2. The maximum Gasteiger partial charge on any atom is 0.237 e. The van der Waals surface area contributed by atoms with Crippen LogP contribution >= 0.6 is 11.6 Å². The smallest absolute Gasteiger partial charge is 0.237 e. The van der Waals surface area contributed by atoms with Crippen molar-refractivity contribution >= 4 is 39.9 Å². The zero-order valence-electron chi connectivity index (χ0n) is 22.1. The number of Topliss-reactive ketones (excluding diaryl/α,β-unsaturated/α-hetero) is 1. The topological polar surface area (TPSA) is 117 Å². The molecular formula is C29H34ClFN4O3. The fourth-order valence-electron chi connectivity index (χ4n) is 4.94. The molecule has 7 nitrogen and oxygen atoms in total. The van der Waals surface area contributed by atoms with Gasteiger partial charge >= 0.3 is 0 Å². The molecule has 1 saturated carbocycles. The first-order chi connectivity index (χ1) is 17.9. The summed E-state index contributed by atoms with van der Waals surface area (Å²) in [6.07, 6.45) is 4.72. The first-order valence-electron chi connectivity index (χ1n) is 12.8. The minimum absolute atomic E-state index is 0.0345.